The molecule has 0 saturated carbocycles. The molecule has 0 saturated heterocycles. The maximum Gasteiger partial charge on any atom is 0.244 e. The Bertz CT molecular complexity index is 582. The topological polar surface area (TPSA) is 72.9 Å². The number of nitrogens with one attached hydrogen (secondary N) is 1. The third-order valence-corrected chi connectivity index (χ3v) is 2.77. The first kappa shape index (κ1) is 13.1. The smallest absolute Gasteiger partial charge is 0.244 e. The molecule has 1 aromatic heterocycles. The van der Waals surface area contributed by atoms with Gasteiger partial charge in [0.15, 0.2) is 0 Å². The minimum Gasteiger partial charge on any atom is -0.368 e. The number of halogens is 1. The molecule has 0 spiro atoms. The molecule has 6 heteroatoms. The van der Waals surface area contributed by atoms with E-state index in [1.807, 2.05) is 6.92 Å². The van der Waals surface area contributed by atoms with Gasteiger partial charge in [-0.3, -0.25) is 9.48 Å². The number of nitrogens with zero attached hydrogens (tertiary/aromatic N) is 2. The second-order valence-corrected chi connectivity index (χ2v) is 4.09. The zero-order valence-electron chi connectivity index (χ0n) is 10.5. The van der Waals surface area contributed by atoms with Gasteiger partial charge in [-0.2, -0.15) is 5.10 Å². The van der Waals surface area contributed by atoms with Crippen LogP contribution < -0.4 is 11.1 Å². The van der Waals surface area contributed by atoms with E-state index in [1.165, 1.54) is 6.07 Å². The predicted molar refractivity (Wildman–Crippen MR) is 69.9 cm³/mol. The first-order valence-electron chi connectivity index (χ1n) is 5.94. The van der Waals surface area contributed by atoms with Crippen molar-refractivity contribution in [1.82, 2.24) is 9.78 Å². The van der Waals surface area contributed by atoms with Crippen molar-refractivity contribution in [2.75, 3.05) is 5.32 Å². The van der Waals surface area contributed by atoms with Crippen LogP contribution in [0.3, 0.4) is 0 Å². The monoisotopic (exact) mass is 262 g/mol. The number of carbonyl (C=O) groups excluding carboxylic acids is 1. The Hall–Kier alpha value is -2.37. The van der Waals surface area contributed by atoms with Gasteiger partial charge in [0.1, 0.15) is 11.9 Å². The average molecular weight is 262 g/mol. The second kappa shape index (κ2) is 5.51. The fourth-order valence-electron chi connectivity index (χ4n) is 1.75. The summed E-state index contributed by atoms with van der Waals surface area (Å²) >= 11 is 0. The molecule has 0 aliphatic carbocycles. The lowest BCUT2D eigenvalue weighted by Gasteiger charge is -2.15. The Morgan fingerprint density at radius 2 is 2.26 bits per heavy atom. The lowest BCUT2D eigenvalue weighted by atomic mass is 10.1. The van der Waals surface area contributed by atoms with E-state index in [1.54, 1.807) is 35.3 Å². The summed E-state index contributed by atoms with van der Waals surface area (Å²) in [5, 5.41) is 6.87. The molecule has 0 aliphatic rings. The molecule has 19 heavy (non-hydrogen) atoms. The van der Waals surface area contributed by atoms with Crippen molar-refractivity contribution in [3.63, 3.8) is 0 Å². The van der Waals surface area contributed by atoms with Gasteiger partial charge in [-0.15, -0.1) is 0 Å². The molecular formula is C13H15FN4O. The molecular weight excluding hydrogens is 247 g/mol. The van der Waals surface area contributed by atoms with Crippen molar-refractivity contribution in [3.05, 3.63) is 48.0 Å². The van der Waals surface area contributed by atoms with E-state index >= 15 is 0 Å². The molecule has 1 unspecified atom stereocenters. The third kappa shape index (κ3) is 2.90. The number of hydrogen-bond acceptors (Lipinski definition) is 3. The lowest BCUT2D eigenvalue weighted by Crippen LogP contribution is -2.27. The first-order valence-corrected chi connectivity index (χ1v) is 5.94. The largest absolute Gasteiger partial charge is 0.368 e. The van der Waals surface area contributed by atoms with Gasteiger partial charge >= 0.3 is 0 Å². The summed E-state index contributed by atoms with van der Waals surface area (Å²) in [4.78, 5) is 11.5. The van der Waals surface area contributed by atoms with Crippen molar-refractivity contribution < 1.29 is 9.18 Å². The summed E-state index contributed by atoms with van der Waals surface area (Å²) < 4.78 is 15.2. The van der Waals surface area contributed by atoms with E-state index < -0.39 is 17.8 Å². The van der Waals surface area contributed by atoms with E-state index in [0.29, 0.717) is 12.1 Å². The molecule has 2 rings (SSSR count). The molecule has 1 aromatic carbocycles. The Morgan fingerprint density at radius 1 is 1.53 bits per heavy atom. The number of anilines is 1. The van der Waals surface area contributed by atoms with Crippen LogP contribution in [0, 0.1) is 5.82 Å². The number of hydrogen-bond donors (Lipinski definition) is 2. The molecule has 0 fully saturated rings. The number of para-hydroxylation sites is 1. The Kier molecular flexibility index (Phi) is 3.79. The third-order valence-electron chi connectivity index (χ3n) is 2.77. The van der Waals surface area contributed by atoms with E-state index in [2.05, 4.69) is 10.4 Å². The standard InChI is InChI=1S/C13H15FN4O/c1-2-18-8-9(7-16-18)12(13(15)19)17-11-6-4-3-5-10(11)14/h3-8,12,17H,2H2,1H3,(H2,15,19). The van der Waals surface area contributed by atoms with Crippen LogP contribution in [-0.2, 0) is 11.3 Å². The van der Waals surface area contributed by atoms with E-state index in [4.69, 9.17) is 5.73 Å². The van der Waals surface area contributed by atoms with Gasteiger partial charge in [0.2, 0.25) is 5.91 Å². The molecule has 1 atom stereocenters. The summed E-state index contributed by atoms with van der Waals surface area (Å²) in [6.07, 6.45) is 3.26. The highest BCUT2D eigenvalue weighted by molar-refractivity contribution is 5.84. The molecule has 0 bridgehead atoms. The van der Waals surface area contributed by atoms with Crippen LogP contribution in [0.25, 0.3) is 0 Å². The maximum atomic E-state index is 13.6. The van der Waals surface area contributed by atoms with E-state index in [9.17, 15) is 9.18 Å². The van der Waals surface area contributed by atoms with Gasteiger partial charge in [-0.25, -0.2) is 4.39 Å². The number of aryl methyl sites for hydroxylation is 1. The van der Waals surface area contributed by atoms with E-state index in [0.717, 1.165) is 0 Å². The van der Waals surface area contributed by atoms with Crippen LogP contribution in [0.15, 0.2) is 36.7 Å². The fraction of sp³-hybridized carbons (Fsp3) is 0.231. The Balaban J connectivity index is 2.26. The van der Waals surface area contributed by atoms with Crippen LogP contribution >= 0.6 is 0 Å². The quantitative estimate of drug-likeness (QED) is 0.861. The summed E-state index contributed by atoms with van der Waals surface area (Å²) in [6, 6.07) is 5.32. The minimum atomic E-state index is -0.808. The fourth-order valence-corrected chi connectivity index (χ4v) is 1.75. The SMILES string of the molecule is CCn1cc(C(Nc2ccccc2F)C(N)=O)cn1. The number of rotatable bonds is 5. The minimum absolute atomic E-state index is 0.232. The van der Waals surface area contributed by atoms with Crippen molar-refractivity contribution in [2.45, 2.75) is 19.5 Å². The predicted octanol–water partition coefficient (Wildman–Crippen LogP) is 1.68. The van der Waals surface area contributed by atoms with Crippen molar-refractivity contribution in [3.8, 4) is 0 Å². The van der Waals surface area contributed by atoms with Crippen molar-refractivity contribution >= 4 is 11.6 Å². The highest BCUT2D eigenvalue weighted by Gasteiger charge is 2.20. The van der Waals surface area contributed by atoms with Gasteiger partial charge in [-0.05, 0) is 19.1 Å². The van der Waals surface area contributed by atoms with Crippen LogP contribution in [0.5, 0.6) is 0 Å². The number of nitrogens with two attached hydrogens (primary N) is 1. The number of amides is 1. The number of aromatic nitrogens is 2. The van der Waals surface area contributed by atoms with Crippen LogP contribution in [0.2, 0.25) is 0 Å². The lowest BCUT2D eigenvalue weighted by molar-refractivity contribution is -0.118. The van der Waals surface area contributed by atoms with Crippen molar-refractivity contribution in [2.24, 2.45) is 5.73 Å². The molecule has 0 radical (unpaired) electrons. The number of primary amides is 1. The van der Waals surface area contributed by atoms with Gasteiger partial charge in [0.05, 0.1) is 11.9 Å². The summed E-state index contributed by atoms with van der Waals surface area (Å²) in [6.45, 7) is 2.62. The van der Waals surface area contributed by atoms with Crippen LogP contribution in [-0.4, -0.2) is 15.7 Å². The van der Waals surface area contributed by atoms with Gasteiger partial charge in [-0.1, -0.05) is 12.1 Å². The zero-order valence-corrected chi connectivity index (χ0v) is 10.5. The van der Waals surface area contributed by atoms with Crippen LogP contribution in [0.4, 0.5) is 10.1 Å². The molecule has 1 amide bonds. The first-order chi connectivity index (χ1) is 9.11. The summed E-state index contributed by atoms with van der Waals surface area (Å²) in [5.41, 5.74) is 6.20. The maximum absolute atomic E-state index is 13.6. The molecule has 2 aromatic rings. The highest BCUT2D eigenvalue weighted by atomic mass is 19.1. The second-order valence-electron chi connectivity index (χ2n) is 4.09. The molecule has 0 aliphatic heterocycles. The zero-order chi connectivity index (χ0) is 13.8. The van der Waals surface area contributed by atoms with Crippen molar-refractivity contribution in [1.29, 1.82) is 0 Å². The molecule has 3 N–H and O–H groups in total. The molecule has 5 nitrogen and oxygen atoms in total. The Labute approximate surface area is 110 Å². The molecule has 1 heterocycles. The Morgan fingerprint density at radius 3 is 2.84 bits per heavy atom. The van der Waals surface area contributed by atoms with Gasteiger partial charge < -0.3 is 11.1 Å². The van der Waals surface area contributed by atoms with E-state index in [-0.39, 0.29) is 5.69 Å². The number of benzene rings is 1. The summed E-state index contributed by atoms with van der Waals surface area (Å²) in [7, 11) is 0. The highest BCUT2D eigenvalue weighted by Crippen LogP contribution is 2.21. The van der Waals surface area contributed by atoms with Crippen LogP contribution in [0.1, 0.15) is 18.5 Å². The molecule has 100 valence electrons. The number of carbonyl (C=O) groups is 1. The average Bonchev–Trinajstić information content (AvgIpc) is 2.86. The normalized spacial score (nSPS) is 12.1. The van der Waals surface area contributed by atoms with Gasteiger partial charge in [0, 0.05) is 18.3 Å². The van der Waals surface area contributed by atoms with Gasteiger partial charge in [0.25, 0.3) is 0 Å². The summed E-state index contributed by atoms with van der Waals surface area (Å²) in [5.74, 6) is -1.02.